The highest BCUT2D eigenvalue weighted by Gasteiger charge is 2.33. The highest BCUT2D eigenvalue weighted by Crippen LogP contribution is 2.40. The Morgan fingerprint density at radius 2 is 1.92 bits per heavy atom. The van der Waals surface area contributed by atoms with Crippen LogP contribution in [-0.2, 0) is 9.53 Å². The van der Waals surface area contributed by atoms with Gasteiger partial charge in [-0.05, 0) is 0 Å². The molecule has 0 aromatic heterocycles. The molecular weight excluding hydrogens is 527 g/mol. The molecule has 0 bridgehead atoms. The van der Waals surface area contributed by atoms with Crippen LogP contribution in [0.3, 0.4) is 0 Å². The fourth-order valence-corrected chi connectivity index (χ4v) is 1.05. The summed E-state index contributed by atoms with van der Waals surface area (Å²) in [7, 11) is 0. The fourth-order valence-electron chi connectivity index (χ4n) is 0.306. The summed E-state index contributed by atoms with van der Waals surface area (Å²) in [6, 6.07) is 0. The van der Waals surface area contributed by atoms with Crippen LogP contribution in [0.1, 0.15) is 0 Å². The molecule has 78 valence electrons. The van der Waals surface area contributed by atoms with E-state index >= 15 is 0 Å². The molecule has 0 aliphatic rings. The van der Waals surface area contributed by atoms with Crippen LogP contribution in [0.5, 0.6) is 0 Å². The van der Waals surface area contributed by atoms with Crippen molar-refractivity contribution in [1.82, 2.24) is 0 Å². The van der Waals surface area contributed by atoms with E-state index in [4.69, 9.17) is 16.3 Å². The number of carbonyl (C=O) groups is 1. The Balaban J connectivity index is 4.07. The van der Waals surface area contributed by atoms with E-state index in [1.165, 1.54) is 0 Å². The molecule has 0 unspecified atom stereocenters. The van der Waals surface area contributed by atoms with Crippen LogP contribution in [0.2, 0.25) is 0 Å². The average molecular weight is 531 g/mol. The van der Waals surface area contributed by atoms with E-state index in [1.54, 1.807) is 0 Å². The smallest absolute Gasteiger partial charge is 0.322 e. The number of ether oxygens (including phenoxy) is 1. The van der Waals surface area contributed by atoms with E-state index in [-0.39, 0.29) is 0 Å². The normalized spacial score (nSPS) is 16.5. The Hall–Kier alpha value is 2.16. The van der Waals surface area contributed by atoms with E-state index in [0.717, 1.165) is 0 Å². The first kappa shape index (κ1) is 15.2. The van der Waals surface area contributed by atoms with Gasteiger partial charge in [0.25, 0.3) is 0 Å². The third kappa shape index (κ3) is 6.35. The van der Waals surface area contributed by atoms with Gasteiger partial charge < -0.3 is 4.74 Å². The van der Waals surface area contributed by atoms with Gasteiger partial charge in [0.1, 0.15) is 4.83 Å². The lowest BCUT2D eigenvalue weighted by Crippen LogP contribution is -2.29. The summed E-state index contributed by atoms with van der Waals surface area (Å²) in [4.78, 5) is 10.8. The fraction of sp³-hybridized carbons (Fsp3) is 0.800. The number of rotatable bonds is 3. The molecule has 0 amide bonds. The monoisotopic (exact) mass is 526 g/mol. The molecule has 8 heteroatoms. The highest BCUT2D eigenvalue weighted by atomic mass is 80.0. The van der Waals surface area contributed by atoms with Gasteiger partial charge in [0.05, 0.1) is 0 Å². The standard InChI is InChI=1S/C5H4Br5ClO2/c6-1-2(7)3(12)13-4(11)5(8,9)10/h2,4H,1H2/t2-,4+/m0/s1. The first-order valence-corrected chi connectivity index (χ1v) is 7.75. The Bertz CT molecular complexity index is 182. The number of carbonyl (C=O) groups excluding carboxylic acids is 1. The molecule has 0 aliphatic heterocycles. The molecule has 0 fully saturated rings. The molecule has 0 saturated heterocycles. The van der Waals surface area contributed by atoms with E-state index in [1.807, 2.05) is 0 Å². The quantitative estimate of drug-likeness (QED) is 0.406. The van der Waals surface area contributed by atoms with Crippen molar-refractivity contribution < 1.29 is 9.53 Å². The number of hydrogen-bond donors (Lipinski definition) is 0. The summed E-state index contributed by atoms with van der Waals surface area (Å²) in [5.41, 5.74) is -0.848. The van der Waals surface area contributed by atoms with Crippen LogP contribution < -0.4 is 0 Å². The first-order chi connectivity index (χ1) is 5.79. The number of esters is 1. The zero-order chi connectivity index (χ0) is 10.6. The van der Waals surface area contributed by atoms with Crippen molar-refractivity contribution in [2.75, 3.05) is 5.33 Å². The summed E-state index contributed by atoms with van der Waals surface area (Å²) in [5, 5.41) is 0.468. The van der Waals surface area contributed by atoms with E-state index in [2.05, 4.69) is 79.6 Å². The SMILES string of the molecule is O=C(O[C@@H](Cl)C(Br)(Br)Br)[C@@H](Br)CBr. The zero-order valence-corrected chi connectivity index (χ0v) is 14.6. The van der Waals surface area contributed by atoms with Gasteiger partial charge in [-0.15, -0.1) is 0 Å². The maximum atomic E-state index is 11.2. The third-order valence-corrected chi connectivity index (χ3v) is 5.54. The molecule has 0 N–H and O–H groups in total. The molecule has 0 rings (SSSR count). The van der Waals surface area contributed by atoms with E-state index in [9.17, 15) is 4.79 Å². The molecule has 0 aromatic rings. The van der Waals surface area contributed by atoms with Gasteiger partial charge in [0, 0.05) is 5.33 Å². The molecule has 0 spiro atoms. The lowest BCUT2D eigenvalue weighted by molar-refractivity contribution is -0.143. The summed E-state index contributed by atoms with van der Waals surface area (Å²) in [6.45, 7) is 0. The van der Waals surface area contributed by atoms with E-state index in [0.29, 0.717) is 5.33 Å². The predicted molar refractivity (Wildman–Crippen MR) is 71.8 cm³/mol. The van der Waals surface area contributed by atoms with Gasteiger partial charge in [0.15, 0.2) is 2.14 Å². The Morgan fingerprint density at radius 1 is 1.46 bits per heavy atom. The second-order valence-corrected chi connectivity index (χ2v) is 11.0. The van der Waals surface area contributed by atoms with Crippen molar-refractivity contribution in [3.05, 3.63) is 0 Å². The van der Waals surface area contributed by atoms with Gasteiger partial charge in [-0.1, -0.05) is 91.3 Å². The summed E-state index contributed by atoms with van der Waals surface area (Å²) < 4.78 is 4.07. The van der Waals surface area contributed by atoms with Crippen molar-refractivity contribution >= 4 is 97.2 Å². The minimum atomic E-state index is -0.848. The molecule has 0 saturated carbocycles. The Labute approximate surface area is 123 Å². The molecule has 0 aromatic carbocycles. The number of alkyl halides is 6. The minimum absolute atomic E-state index is 0.399. The Morgan fingerprint density at radius 3 is 2.23 bits per heavy atom. The van der Waals surface area contributed by atoms with Gasteiger partial charge in [-0.25, -0.2) is 0 Å². The van der Waals surface area contributed by atoms with Crippen LogP contribution >= 0.6 is 91.3 Å². The lowest BCUT2D eigenvalue weighted by Gasteiger charge is -2.20. The largest absolute Gasteiger partial charge is 0.442 e. The van der Waals surface area contributed by atoms with Crippen LogP contribution in [0, 0.1) is 0 Å². The summed E-state index contributed by atoms with van der Waals surface area (Å²) in [6.07, 6.45) is 0. The van der Waals surface area contributed by atoms with Gasteiger partial charge in [0.2, 0.25) is 5.56 Å². The van der Waals surface area contributed by atoms with Gasteiger partial charge in [-0.2, -0.15) is 0 Å². The number of halogens is 6. The van der Waals surface area contributed by atoms with Crippen molar-refractivity contribution in [2.45, 2.75) is 12.5 Å². The summed E-state index contributed by atoms with van der Waals surface area (Å²) in [5.74, 6) is -0.431. The number of hydrogen-bond acceptors (Lipinski definition) is 2. The molecule has 0 heterocycles. The minimum Gasteiger partial charge on any atom is -0.442 e. The topological polar surface area (TPSA) is 26.3 Å². The van der Waals surface area contributed by atoms with Gasteiger partial charge >= 0.3 is 5.97 Å². The van der Waals surface area contributed by atoms with Crippen LogP contribution in [-0.4, -0.2) is 23.8 Å². The van der Waals surface area contributed by atoms with Crippen molar-refractivity contribution in [3.63, 3.8) is 0 Å². The second kappa shape index (κ2) is 6.68. The average Bonchev–Trinajstić information content (AvgIpc) is 2.01. The molecular formula is C5H4Br5ClO2. The second-order valence-electron chi connectivity index (χ2n) is 1.92. The molecule has 0 aliphatic carbocycles. The molecule has 2 atom stereocenters. The first-order valence-electron chi connectivity index (χ1n) is 2.90. The van der Waals surface area contributed by atoms with Crippen molar-refractivity contribution in [1.29, 1.82) is 0 Å². The maximum absolute atomic E-state index is 11.2. The maximum Gasteiger partial charge on any atom is 0.322 e. The van der Waals surface area contributed by atoms with Crippen molar-refractivity contribution in [2.24, 2.45) is 0 Å². The van der Waals surface area contributed by atoms with Crippen LogP contribution in [0.4, 0.5) is 0 Å². The summed E-state index contributed by atoms with van der Waals surface area (Å²) >= 11 is 21.4. The third-order valence-electron chi connectivity index (χ3n) is 0.868. The predicted octanol–water partition coefficient (Wildman–Crippen LogP) is 4.09. The Kier molecular flexibility index (Phi) is 7.79. The van der Waals surface area contributed by atoms with Gasteiger partial charge in [-0.3, -0.25) is 4.79 Å². The lowest BCUT2D eigenvalue weighted by atomic mass is 10.5. The molecule has 0 radical (unpaired) electrons. The van der Waals surface area contributed by atoms with Crippen LogP contribution in [0.25, 0.3) is 0 Å². The van der Waals surface area contributed by atoms with E-state index < -0.39 is 18.5 Å². The zero-order valence-electron chi connectivity index (χ0n) is 5.95. The molecule has 13 heavy (non-hydrogen) atoms. The highest BCUT2D eigenvalue weighted by molar-refractivity contribution is 9.39. The van der Waals surface area contributed by atoms with Crippen molar-refractivity contribution in [3.8, 4) is 0 Å². The van der Waals surface area contributed by atoms with Crippen LogP contribution in [0.15, 0.2) is 0 Å². The molecule has 2 nitrogen and oxygen atoms in total.